The Hall–Kier alpha value is -2.56. The molecule has 0 amide bonds. The fourth-order valence-corrected chi connectivity index (χ4v) is 3.28. The molecule has 5 rings (SSSR count). The lowest BCUT2D eigenvalue weighted by atomic mass is 10.1. The summed E-state index contributed by atoms with van der Waals surface area (Å²) in [7, 11) is 0. The topological polar surface area (TPSA) is 51.6 Å². The summed E-state index contributed by atoms with van der Waals surface area (Å²) in [6, 6.07) is 15.1. The lowest BCUT2D eigenvalue weighted by molar-refractivity contribution is 1.36. The lowest BCUT2D eigenvalue weighted by Crippen LogP contribution is -1.94. The largest absolute Gasteiger partial charge is 0.244 e. The first kappa shape index (κ1) is 13.8. The third kappa shape index (κ3) is 1.94. The Morgan fingerprint density at radius 1 is 0.500 bits per heavy atom. The number of rotatable bonds is 0. The van der Waals surface area contributed by atoms with Gasteiger partial charge in [-0.05, 0) is 36.4 Å². The first-order valence-corrected chi connectivity index (χ1v) is 8.07. The third-order valence-electron chi connectivity index (χ3n) is 4.03. The molecule has 0 bridgehead atoms. The summed E-state index contributed by atoms with van der Waals surface area (Å²) in [6.07, 6.45) is 0. The molecule has 24 heavy (non-hydrogen) atoms. The lowest BCUT2D eigenvalue weighted by Gasteiger charge is -2.09. The molecule has 0 aliphatic carbocycles. The first-order chi connectivity index (χ1) is 11.7. The summed E-state index contributed by atoms with van der Waals surface area (Å²) in [5, 5.41) is 2.52. The van der Waals surface area contributed by atoms with Crippen molar-refractivity contribution in [1.29, 1.82) is 0 Å². The number of fused-ring (bicyclic) bond motifs is 7. The number of aromatic nitrogens is 4. The highest BCUT2D eigenvalue weighted by Crippen LogP contribution is 2.33. The van der Waals surface area contributed by atoms with Crippen molar-refractivity contribution in [1.82, 2.24) is 19.9 Å². The smallest absolute Gasteiger partial charge is 0.129 e. The number of para-hydroxylation sites is 2. The molecule has 0 unspecified atom stereocenters. The van der Waals surface area contributed by atoms with E-state index in [4.69, 9.17) is 33.2 Å². The van der Waals surface area contributed by atoms with Crippen molar-refractivity contribution in [2.24, 2.45) is 0 Å². The van der Waals surface area contributed by atoms with Gasteiger partial charge in [0.15, 0.2) is 0 Å². The van der Waals surface area contributed by atoms with Crippen molar-refractivity contribution in [3.63, 3.8) is 0 Å². The monoisotopic (exact) mass is 350 g/mol. The van der Waals surface area contributed by atoms with E-state index in [0.29, 0.717) is 21.3 Å². The Bertz CT molecular complexity index is 1180. The van der Waals surface area contributed by atoms with Gasteiger partial charge >= 0.3 is 0 Å². The molecule has 114 valence electrons. The number of nitrogens with zero attached hydrogens (tertiary/aromatic N) is 4. The number of benzene rings is 2. The minimum atomic E-state index is 0.402. The molecular formula is C18H8Cl2N4. The predicted molar refractivity (Wildman–Crippen MR) is 97.7 cm³/mol. The van der Waals surface area contributed by atoms with E-state index >= 15 is 0 Å². The van der Waals surface area contributed by atoms with Crippen LogP contribution in [0.1, 0.15) is 0 Å². The molecule has 3 aromatic heterocycles. The van der Waals surface area contributed by atoms with Crippen LogP contribution >= 0.6 is 23.2 Å². The van der Waals surface area contributed by atoms with Crippen molar-refractivity contribution in [2.75, 3.05) is 0 Å². The average Bonchev–Trinajstić information content (AvgIpc) is 2.60. The summed E-state index contributed by atoms with van der Waals surface area (Å²) in [4.78, 5) is 18.5. The Labute approximate surface area is 146 Å². The van der Waals surface area contributed by atoms with E-state index in [1.54, 1.807) is 12.1 Å². The van der Waals surface area contributed by atoms with Crippen molar-refractivity contribution >= 4 is 67.1 Å². The van der Waals surface area contributed by atoms with Crippen molar-refractivity contribution in [3.8, 4) is 0 Å². The first-order valence-electron chi connectivity index (χ1n) is 7.32. The van der Waals surface area contributed by atoms with Gasteiger partial charge in [-0.15, -0.1) is 0 Å². The van der Waals surface area contributed by atoms with Crippen molar-refractivity contribution < 1.29 is 0 Å². The van der Waals surface area contributed by atoms with Crippen LogP contribution in [0, 0.1) is 0 Å². The second-order valence-corrected chi connectivity index (χ2v) is 6.24. The number of hydrogen-bond acceptors (Lipinski definition) is 4. The highest BCUT2D eigenvalue weighted by Gasteiger charge is 2.14. The van der Waals surface area contributed by atoms with Gasteiger partial charge in [0.1, 0.15) is 21.3 Å². The molecule has 3 heterocycles. The summed E-state index contributed by atoms with van der Waals surface area (Å²) in [6.45, 7) is 0. The van der Waals surface area contributed by atoms with Crippen LogP contribution in [0.4, 0.5) is 0 Å². The highest BCUT2D eigenvalue weighted by atomic mass is 35.5. The third-order valence-corrected chi connectivity index (χ3v) is 4.45. The minimum Gasteiger partial charge on any atom is -0.244 e. The quantitative estimate of drug-likeness (QED) is 0.219. The van der Waals surface area contributed by atoms with Crippen LogP contribution in [0.2, 0.25) is 10.3 Å². The van der Waals surface area contributed by atoms with E-state index in [1.807, 2.05) is 36.4 Å². The molecule has 0 aliphatic heterocycles. The Morgan fingerprint density at radius 3 is 1.38 bits per heavy atom. The van der Waals surface area contributed by atoms with Gasteiger partial charge in [-0.2, -0.15) is 0 Å². The molecule has 4 nitrogen and oxygen atoms in total. The molecular weight excluding hydrogens is 343 g/mol. The van der Waals surface area contributed by atoms with Gasteiger partial charge in [0.2, 0.25) is 0 Å². The summed E-state index contributed by atoms with van der Waals surface area (Å²) in [5.41, 5.74) is 4.59. The molecule has 0 spiro atoms. The zero-order valence-corrected chi connectivity index (χ0v) is 13.7. The molecule has 0 saturated carbocycles. The Morgan fingerprint density at radius 2 is 0.917 bits per heavy atom. The van der Waals surface area contributed by atoms with Gasteiger partial charge in [-0.3, -0.25) is 0 Å². The summed E-state index contributed by atoms with van der Waals surface area (Å²) < 4.78 is 0. The van der Waals surface area contributed by atoms with Crippen LogP contribution in [-0.4, -0.2) is 19.9 Å². The van der Waals surface area contributed by atoms with E-state index in [2.05, 4.69) is 9.97 Å². The molecule has 0 atom stereocenters. The van der Waals surface area contributed by atoms with E-state index in [0.717, 1.165) is 32.8 Å². The van der Waals surface area contributed by atoms with Crippen molar-refractivity contribution in [2.45, 2.75) is 0 Å². The number of hydrogen-bond donors (Lipinski definition) is 0. The molecule has 0 fully saturated rings. The molecule has 2 aromatic carbocycles. The standard InChI is InChI=1S/C18H8Cl2N4/c19-13-7-5-9-15-16(22-12-4-2-1-3-11(12)21-15)10-6-8-14(20)24-18(10)17(9)23-13/h1-8H. The van der Waals surface area contributed by atoms with E-state index in [1.165, 1.54) is 0 Å². The fourth-order valence-electron chi connectivity index (χ4n) is 2.99. The van der Waals surface area contributed by atoms with Crippen LogP contribution in [0.3, 0.4) is 0 Å². The zero-order valence-electron chi connectivity index (χ0n) is 12.2. The van der Waals surface area contributed by atoms with E-state index < -0.39 is 0 Å². The van der Waals surface area contributed by atoms with Crippen molar-refractivity contribution in [3.05, 3.63) is 58.8 Å². The van der Waals surface area contributed by atoms with Gasteiger partial charge in [-0.25, -0.2) is 19.9 Å². The molecule has 0 radical (unpaired) electrons. The highest BCUT2D eigenvalue weighted by molar-refractivity contribution is 6.32. The van der Waals surface area contributed by atoms with Gasteiger partial charge < -0.3 is 0 Å². The molecule has 0 aliphatic rings. The van der Waals surface area contributed by atoms with Gasteiger partial charge in [-0.1, -0.05) is 35.3 Å². The van der Waals surface area contributed by atoms with E-state index in [-0.39, 0.29) is 0 Å². The average molecular weight is 351 g/mol. The second-order valence-electron chi connectivity index (χ2n) is 5.47. The Kier molecular flexibility index (Phi) is 2.86. The zero-order chi connectivity index (χ0) is 16.3. The SMILES string of the molecule is Clc1ccc2c(n1)c1nc(Cl)ccc1c1nc3ccccc3nc21. The number of halogens is 2. The van der Waals surface area contributed by atoms with Gasteiger partial charge in [0, 0.05) is 10.8 Å². The summed E-state index contributed by atoms with van der Waals surface area (Å²) in [5.74, 6) is 0. The van der Waals surface area contributed by atoms with Gasteiger partial charge in [0.05, 0.1) is 22.1 Å². The van der Waals surface area contributed by atoms with Crippen LogP contribution in [-0.2, 0) is 0 Å². The minimum absolute atomic E-state index is 0.402. The maximum atomic E-state index is 6.10. The molecule has 6 heteroatoms. The van der Waals surface area contributed by atoms with Crippen LogP contribution in [0.25, 0.3) is 43.9 Å². The van der Waals surface area contributed by atoms with E-state index in [9.17, 15) is 0 Å². The maximum absolute atomic E-state index is 6.10. The molecule has 0 saturated heterocycles. The summed E-state index contributed by atoms with van der Waals surface area (Å²) >= 11 is 12.2. The maximum Gasteiger partial charge on any atom is 0.129 e. The Balaban J connectivity index is 2.14. The number of pyridine rings is 2. The molecule has 5 aromatic rings. The normalized spacial score (nSPS) is 11.8. The fraction of sp³-hybridized carbons (Fsp3) is 0. The van der Waals surface area contributed by atoms with Crippen LogP contribution in [0.15, 0.2) is 48.5 Å². The van der Waals surface area contributed by atoms with Gasteiger partial charge in [0.25, 0.3) is 0 Å². The second kappa shape index (κ2) is 4.97. The predicted octanol–water partition coefficient (Wildman–Crippen LogP) is 5.19. The van der Waals surface area contributed by atoms with Crippen LogP contribution < -0.4 is 0 Å². The van der Waals surface area contributed by atoms with Crippen LogP contribution in [0.5, 0.6) is 0 Å². The molecule has 0 N–H and O–H groups in total.